The van der Waals surface area contributed by atoms with Gasteiger partial charge >= 0.3 is 5.97 Å². The lowest BCUT2D eigenvalue weighted by Gasteiger charge is -2.21. The van der Waals surface area contributed by atoms with E-state index in [1.54, 1.807) is 21.1 Å². The molecule has 1 aromatic heterocycles. The minimum atomic E-state index is -0.505. The van der Waals surface area contributed by atoms with E-state index in [1.165, 1.54) is 16.4 Å². The molecule has 1 aromatic carbocycles. The molecule has 0 atom stereocenters. The molecule has 0 unspecified atom stereocenters. The van der Waals surface area contributed by atoms with Crippen LogP contribution in [-0.4, -0.2) is 66.5 Å². The number of methoxy groups -OCH3 is 1. The van der Waals surface area contributed by atoms with Crippen LogP contribution in [0.5, 0.6) is 0 Å². The zero-order valence-electron chi connectivity index (χ0n) is 17.4. The summed E-state index contributed by atoms with van der Waals surface area (Å²) in [5, 5.41) is 6.84. The average Bonchev–Trinajstić information content (AvgIpc) is 3.07. The van der Waals surface area contributed by atoms with E-state index in [1.807, 2.05) is 23.1 Å². The molecule has 2 aromatic rings. The summed E-state index contributed by atoms with van der Waals surface area (Å²) in [6.45, 7) is 4.14. The topological polar surface area (TPSA) is 85.7 Å². The first-order valence-electron chi connectivity index (χ1n) is 9.79. The number of aryl methyl sites for hydroxylation is 2. The Bertz CT molecular complexity index is 776. The number of nitrogens with one attached hydrogen (secondary N) is 1. The van der Waals surface area contributed by atoms with Gasteiger partial charge in [-0.05, 0) is 31.9 Å². The van der Waals surface area contributed by atoms with E-state index < -0.39 is 5.97 Å². The van der Waals surface area contributed by atoms with E-state index in [2.05, 4.69) is 22.5 Å². The predicted octanol–water partition coefficient (Wildman–Crippen LogP) is 2.12. The van der Waals surface area contributed by atoms with Gasteiger partial charge in [0.1, 0.15) is 11.4 Å². The fraction of sp³-hybridized carbons (Fsp3) is 0.476. The molecule has 158 valence electrons. The van der Waals surface area contributed by atoms with Crippen LogP contribution in [0.3, 0.4) is 0 Å². The molecule has 0 aliphatic rings. The van der Waals surface area contributed by atoms with E-state index in [4.69, 9.17) is 9.47 Å². The third-order valence-electron chi connectivity index (χ3n) is 4.45. The van der Waals surface area contributed by atoms with Gasteiger partial charge in [0, 0.05) is 20.7 Å². The summed E-state index contributed by atoms with van der Waals surface area (Å²) < 4.78 is 11.7. The number of rotatable bonds is 12. The molecule has 2 rings (SSSR count). The van der Waals surface area contributed by atoms with Crippen molar-refractivity contribution in [2.24, 2.45) is 7.05 Å². The lowest BCUT2D eigenvalue weighted by Crippen LogP contribution is -2.37. The van der Waals surface area contributed by atoms with Crippen molar-refractivity contribution in [3.8, 4) is 0 Å². The van der Waals surface area contributed by atoms with Crippen molar-refractivity contribution in [1.82, 2.24) is 14.7 Å². The maximum Gasteiger partial charge on any atom is 0.343 e. The van der Waals surface area contributed by atoms with Crippen LogP contribution >= 0.6 is 0 Å². The molecule has 8 nitrogen and oxygen atoms in total. The summed E-state index contributed by atoms with van der Waals surface area (Å²) in [5.74, 6) is -0.380. The van der Waals surface area contributed by atoms with E-state index in [0.717, 1.165) is 19.4 Å². The Kier molecular flexibility index (Phi) is 9.33. The van der Waals surface area contributed by atoms with E-state index >= 15 is 0 Å². The molecule has 1 heterocycles. The van der Waals surface area contributed by atoms with Gasteiger partial charge in [0.2, 0.25) is 5.91 Å². The fourth-order valence-electron chi connectivity index (χ4n) is 2.96. The van der Waals surface area contributed by atoms with Crippen LogP contribution in [0.1, 0.15) is 29.3 Å². The zero-order chi connectivity index (χ0) is 21.1. The standard InChI is InChI=1S/C21H30N4O4/c1-4-29-21(27)18-15-22-24(2)20(18)23-19(26)16-25(13-14-28-3)12-8-11-17-9-6-5-7-10-17/h5-7,9-10,15H,4,8,11-14,16H2,1-3H3,(H,23,26). The van der Waals surface area contributed by atoms with Crippen LogP contribution in [-0.2, 0) is 27.7 Å². The van der Waals surface area contributed by atoms with Gasteiger partial charge in [-0.15, -0.1) is 0 Å². The second kappa shape index (κ2) is 12.0. The lowest BCUT2D eigenvalue weighted by molar-refractivity contribution is -0.117. The quantitative estimate of drug-likeness (QED) is 0.548. The third-order valence-corrected chi connectivity index (χ3v) is 4.45. The zero-order valence-corrected chi connectivity index (χ0v) is 17.4. The van der Waals surface area contributed by atoms with Crippen molar-refractivity contribution in [2.75, 3.05) is 45.3 Å². The largest absolute Gasteiger partial charge is 0.462 e. The second-order valence-electron chi connectivity index (χ2n) is 6.66. The van der Waals surface area contributed by atoms with Gasteiger partial charge in [-0.2, -0.15) is 5.10 Å². The molecule has 1 N–H and O–H groups in total. The van der Waals surface area contributed by atoms with Crippen molar-refractivity contribution < 1.29 is 19.1 Å². The van der Waals surface area contributed by atoms with Crippen molar-refractivity contribution in [2.45, 2.75) is 19.8 Å². The Balaban J connectivity index is 1.93. The highest BCUT2D eigenvalue weighted by Gasteiger charge is 2.20. The summed E-state index contributed by atoms with van der Waals surface area (Å²) >= 11 is 0. The van der Waals surface area contributed by atoms with Crippen LogP contribution in [0, 0.1) is 0 Å². The Labute approximate surface area is 171 Å². The monoisotopic (exact) mass is 402 g/mol. The maximum atomic E-state index is 12.6. The Morgan fingerprint density at radius 1 is 1.21 bits per heavy atom. The molecule has 0 radical (unpaired) electrons. The van der Waals surface area contributed by atoms with Crippen molar-refractivity contribution in [3.63, 3.8) is 0 Å². The lowest BCUT2D eigenvalue weighted by atomic mass is 10.1. The number of carbonyl (C=O) groups is 2. The summed E-state index contributed by atoms with van der Waals surface area (Å²) in [5.41, 5.74) is 1.52. The van der Waals surface area contributed by atoms with Crippen LogP contribution in [0.25, 0.3) is 0 Å². The number of carbonyl (C=O) groups excluding carboxylic acids is 2. The Morgan fingerprint density at radius 2 is 1.97 bits per heavy atom. The maximum absolute atomic E-state index is 12.6. The first kappa shape index (κ1) is 22.6. The number of esters is 1. The normalized spacial score (nSPS) is 10.9. The molecule has 0 bridgehead atoms. The van der Waals surface area contributed by atoms with Crippen molar-refractivity contribution in [1.29, 1.82) is 0 Å². The summed E-state index contributed by atoms with van der Waals surface area (Å²) in [7, 11) is 3.31. The van der Waals surface area contributed by atoms with E-state index in [-0.39, 0.29) is 24.6 Å². The Morgan fingerprint density at radius 3 is 2.66 bits per heavy atom. The third kappa shape index (κ3) is 7.32. The van der Waals surface area contributed by atoms with Crippen LogP contribution < -0.4 is 5.32 Å². The highest BCUT2D eigenvalue weighted by Crippen LogP contribution is 2.15. The first-order valence-corrected chi connectivity index (χ1v) is 9.79. The summed E-state index contributed by atoms with van der Waals surface area (Å²) in [6.07, 6.45) is 3.28. The van der Waals surface area contributed by atoms with Gasteiger partial charge in [0.25, 0.3) is 0 Å². The second-order valence-corrected chi connectivity index (χ2v) is 6.66. The van der Waals surface area contributed by atoms with Gasteiger partial charge in [0.05, 0.1) is 26.0 Å². The van der Waals surface area contributed by atoms with E-state index in [9.17, 15) is 9.59 Å². The minimum Gasteiger partial charge on any atom is -0.462 e. The Hall–Kier alpha value is -2.71. The van der Waals surface area contributed by atoms with E-state index in [0.29, 0.717) is 19.0 Å². The van der Waals surface area contributed by atoms with Gasteiger partial charge in [-0.3, -0.25) is 14.4 Å². The number of aromatic nitrogens is 2. The summed E-state index contributed by atoms with van der Waals surface area (Å²) in [4.78, 5) is 26.7. The molecular weight excluding hydrogens is 372 g/mol. The molecule has 0 saturated carbocycles. The number of benzene rings is 1. The molecular formula is C21H30N4O4. The van der Waals surface area contributed by atoms with Crippen LogP contribution in [0.15, 0.2) is 36.5 Å². The predicted molar refractivity (Wildman–Crippen MR) is 111 cm³/mol. The minimum absolute atomic E-state index is 0.200. The van der Waals surface area contributed by atoms with Gasteiger partial charge < -0.3 is 14.8 Å². The fourth-order valence-corrected chi connectivity index (χ4v) is 2.96. The molecule has 0 fully saturated rings. The molecule has 8 heteroatoms. The van der Waals surface area contributed by atoms with Gasteiger partial charge in [-0.25, -0.2) is 4.79 Å². The molecule has 0 saturated heterocycles. The van der Waals surface area contributed by atoms with Crippen molar-refractivity contribution >= 4 is 17.7 Å². The van der Waals surface area contributed by atoms with Crippen molar-refractivity contribution in [3.05, 3.63) is 47.7 Å². The van der Waals surface area contributed by atoms with Gasteiger partial charge in [0.15, 0.2) is 0 Å². The van der Waals surface area contributed by atoms with Crippen LogP contribution in [0.2, 0.25) is 0 Å². The SMILES string of the molecule is CCOC(=O)c1cnn(C)c1NC(=O)CN(CCCc1ccccc1)CCOC. The summed E-state index contributed by atoms with van der Waals surface area (Å²) in [6, 6.07) is 10.3. The molecule has 0 aliphatic carbocycles. The highest BCUT2D eigenvalue weighted by atomic mass is 16.5. The molecule has 0 aliphatic heterocycles. The molecule has 29 heavy (non-hydrogen) atoms. The first-order chi connectivity index (χ1) is 14.0. The highest BCUT2D eigenvalue weighted by molar-refractivity contribution is 6.00. The number of hydrogen-bond donors (Lipinski definition) is 1. The van der Waals surface area contributed by atoms with Crippen LogP contribution in [0.4, 0.5) is 5.82 Å². The average molecular weight is 402 g/mol. The number of nitrogens with zero attached hydrogens (tertiary/aromatic N) is 3. The molecule has 1 amide bonds. The molecule has 0 spiro atoms. The number of anilines is 1. The number of ether oxygens (including phenoxy) is 2. The van der Waals surface area contributed by atoms with Gasteiger partial charge in [-0.1, -0.05) is 30.3 Å². The number of hydrogen-bond acceptors (Lipinski definition) is 6. The number of amides is 1. The smallest absolute Gasteiger partial charge is 0.343 e.